The molecule has 1 amide bonds. The van der Waals surface area contributed by atoms with Crippen molar-refractivity contribution in [1.82, 2.24) is 29.0 Å². The van der Waals surface area contributed by atoms with Crippen molar-refractivity contribution in [3.8, 4) is 0 Å². The number of likely N-dealkylation sites (tertiary alicyclic amines) is 1. The average Bonchev–Trinajstić information content (AvgIpc) is 3.45. The van der Waals surface area contributed by atoms with E-state index in [0.29, 0.717) is 43.9 Å². The van der Waals surface area contributed by atoms with Gasteiger partial charge in [-0.15, -0.1) is 0 Å². The predicted molar refractivity (Wildman–Crippen MR) is 107 cm³/mol. The number of nitrogens with zero attached hydrogens (tertiary/aromatic N) is 6. The third kappa shape index (κ3) is 4.15. The molecule has 7 nitrogen and oxygen atoms in total. The van der Waals surface area contributed by atoms with E-state index in [4.69, 9.17) is 0 Å². The van der Waals surface area contributed by atoms with Gasteiger partial charge in [-0.05, 0) is 25.8 Å². The molecule has 1 fully saturated rings. The molecule has 0 unspecified atom stereocenters. The number of amides is 1. The van der Waals surface area contributed by atoms with Crippen LogP contribution in [0.5, 0.6) is 0 Å². The van der Waals surface area contributed by atoms with Crippen molar-refractivity contribution < 1.29 is 18.0 Å². The number of hydrogen-bond acceptors (Lipinski definition) is 4. The Bertz CT molecular complexity index is 1100. The third-order valence-corrected chi connectivity index (χ3v) is 5.89. The molecule has 1 saturated heterocycles. The number of hydrogen-bond donors (Lipinski definition) is 0. The lowest BCUT2D eigenvalue weighted by Gasteiger charge is -2.21. The second-order valence-electron chi connectivity index (χ2n) is 8.12. The normalized spacial score (nSPS) is 18.1. The number of imidazole rings is 1. The summed E-state index contributed by atoms with van der Waals surface area (Å²) in [6, 6.07) is 2.67. The lowest BCUT2D eigenvalue weighted by atomic mass is 10.1. The number of carbonyl (C=O) groups excluding carboxylic acids is 1. The maximum Gasteiger partial charge on any atom is 0.433 e. The fourth-order valence-electron chi connectivity index (χ4n) is 4.11. The van der Waals surface area contributed by atoms with Crippen LogP contribution in [0.2, 0.25) is 0 Å². The Morgan fingerprint density at radius 2 is 2.10 bits per heavy atom. The van der Waals surface area contributed by atoms with Gasteiger partial charge in [0.05, 0.1) is 11.6 Å². The van der Waals surface area contributed by atoms with Gasteiger partial charge in [-0.2, -0.15) is 18.3 Å². The molecule has 3 aromatic rings. The molecule has 166 valence electrons. The number of rotatable bonds is 5. The summed E-state index contributed by atoms with van der Waals surface area (Å²) in [5, 5.41) is 4.23. The smallest absolute Gasteiger partial charge is 0.342 e. The van der Waals surface area contributed by atoms with Gasteiger partial charge in [0.2, 0.25) is 5.91 Å². The zero-order valence-corrected chi connectivity index (χ0v) is 17.7. The first kappa shape index (κ1) is 21.3. The Balaban J connectivity index is 1.52. The Morgan fingerprint density at radius 1 is 1.32 bits per heavy atom. The van der Waals surface area contributed by atoms with Gasteiger partial charge in [0.15, 0.2) is 5.65 Å². The van der Waals surface area contributed by atoms with Crippen molar-refractivity contribution in [3.63, 3.8) is 0 Å². The van der Waals surface area contributed by atoms with Crippen molar-refractivity contribution in [2.45, 2.75) is 52.3 Å². The molecule has 0 saturated carbocycles. The van der Waals surface area contributed by atoms with E-state index in [1.54, 1.807) is 24.1 Å². The summed E-state index contributed by atoms with van der Waals surface area (Å²) in [4.78, 5) is 23.2. The molecule has 2 atom stereocenters. The number of aryl methyl sites for hydroxylation is 2. The van der Waals surface area contributed by atoms with E-state index in [9.17, 15) is 18.0 Å². The fourth-order valence-corrected chi connectivity index (χ4v) is 4.11. The van der Waals surface area contributed by atoms with Crippen LogP contribution in [-0.2, 0) is 23.9 Å². The first-order valence-electron chi connectivity index (χ1n) is 10.4. The highest BCUT2D eigenvalue weighted by molar-refractivity contribution is 5.78. The lowest BCUT2D eigenvalue weighted by Crippen LogP contribution is -2.35. The Hall–Kier alpha value is -2.91. The quantitative estimate of drug-likeness (QED) is 0.617. The standard InChI is InChI=1S/C21H25F3N6O/c1-4-16-9-18(21(22,23)24)30-19(26-16)10-17(27-30)15-5-7-29(12-15)20(31)13(2)11-28-8-6-25-14(28)3/h6,8-10,13,15H,4-5,7,11-12H2,1-3H3/t13-,15-/m0/s1. The number of fused-ring (bicyclic) bond motifs is 1. The molecule has 10 heteroatoms. The molecule has 3 aromatic heterocycles. The molecular weight excluding hydrogens is 409 g/mol. The van der Waals surface area contributed by atoms with Gasteiger partial charge >= 0.3 is 6.18 Å². The summed E-state index contributed by atoms with van der Waals surface area (Å²) in [5.74, 6) is 0.544. The Labute approximate surface area is 177 Å². The summed E-state index contributed by atoms with van der Waals surface area (Å²) in [5.41, 5.74) is 0.282. The van der Waals surface area contributed by atoms with Crippen molar-refractivity contribution in [2.24, 2.45) is 5.92 Å². The van der Waals surface area contributed by atoms with Crippen molar-refractivity contribution >= 4 is 11.6 Å². The molecule has 1 aliphatic rings. The van der Waals surface area contributed by atoms with Crippen molar-refractivity contribution in [2.75, 3.05) is 13.1 Å². The SMILES string of the molecule is CCc1cc(C(F)(F)F)n2nc([C@H]3CCN(C(=O)[C@@H](C)Cn4ccnc4C)C3)cc2n1. The summed E-state index contributed by atoms with van der Waals surface area (Å²) >= 11 is 0. The van der Waals surface area contributed by atoms with Crippen LogP contribution in [-0.4, -0.2) is 48.0 Å². The molecule has 4 heterocycles. The molecule has 0 bridgehead atoms. The zero-order valence-electron chi connectivity index (χ0n) is 17.7. The van der Waals surface area contributed by atoms with Crippen LogP contribution in [0.1, 0.15) is 49.1 Å². The average molecular weight is 434 g/mol. The number of aromatic nitrogens is 5. The maximum atomic E-state index is 13.5. The number of halogens is 3. The predicted octanol–water partition coefficient (Wildman–Crippen LogP) is 3.47. The first-order valence-corrected chi connectivity index (χ1v) is 10.4. The van der Waals surface area contributed by atoms with Gasteiger partial charge < -0.3 is 9.47 Å². The minimum Gasteiger partial charge on any atom is -0.342 e. The second kappa shape index (κ2) is 7.97. The molecule has 31 heavy (non-hydrogen) atoms. The van der Waals surface area contributed by atoms with Crippen LogP contribution < -0.4 is 0 Å². The molecule has 0 N–H and O–H groups in total. The van der Waals surface area contributed by atoms with Crippen LogP contribution in [0.3, 0.4) is 0 Å². The largest absolute Gasteiger partial charge is 0.433 e. The minimum atomic E-state index is -4.52. The van der Waals surface area contributed by atoms with E-state index in [0.717, 1.165) is 16.4 Å². The number of carbonyl (C=O) groups is 1. The van der Waals surface area contributed by atoms with Crippen molar-refractivity contribution in [3.05, 3.63) is 47.4 Å². The molecule has 0 spiro atoms. The van der Waals surface area contributed by atoms with Crippen molar-refractivity contribution in [1.29, 1.82) is 0 Å². The van der Waals surface area contributed by atoms with Gasteiger partial charge in [0.1, 0.15) is 11.5 Å². The highest BCUT2D eigenvalue weighted by Gasteiger charge is 2.36. The summed E-state index contributed by atoms with van der Waals surface area (Å²) in [6.07, 6.45) is 0.0921. The highest BCUT2D eigenvalue weighted by atomic mass is 19.4. The molecule has 0 radical (unpaired) electrons. The first-order chi connectivity index (χ1) is 14.7. The Kier molecular flexibility index (Phi) is 5.49. The third-order valence-electron chi connectivity index (χ3n) is 5.89. The summed E-state index contributed by atoms with van der Waals surface area (Å²) in [6.45, 7) is 7.08. The molecule has 0 aliphatic carbocycles. The monoisotopic (exact) mass is 434 g/mol. The van der Waals surface area contributed by atoms with E-state index < -0.39 is 11.9 Å². The minimum absolute atomic E-state index is 0.0294. The fraction of sp³-hybridized carbons (Fsp3) is 0.524. The van der Waals surface area contributed by atoms with Gasteiger partial charge in [-0.1, -0.05) is 13.8 Å². The van der Waals surface area contributed by atoms with E-state index in [2.05, 4.69) is 15.1 Å². The Morgan fingerprint density at radius 3 is 2.74 bits per heavy atom. The molecule has 1 aliphatic heterocycles. The molecule has 4 rings (SSSR count). The maximum absolute atomic E-state index is 13.5. The summed E-state index contributed by atoms with van der Waals surface area (Å²) in [7, 11) is 0. The van der Waals surface area contributed by atoms with Crippen LogP contribution >= 0.6 is 0 Å². The van der Waals surface area contributed by atoms with Crippen LogP contribution in [0.15, 0.2) is 24.5 Å². The topological polar surface area (TPSA) is 68.3 Å². The van der Waals surface area contributed by atoms with E-state index in [-0.39, 0.29) is 23.4 Å². The van der Waals surface area contributed by atoms with Crippen LogP contribution in [0, 0.1) is 12.8 Å². The van der Waals surface area contributed by atoms with Crippen LogP contribution in [0.25, 0.3) is 5.65 Å². The lowest BCUT2D eigenvalue weighted by molar-refractivity contribution is -0.142. The van der Waals surface area contributed by atoms with Crippen LogP contribution in [0.4, 0.5) is 13.2 Å². The van der Waals surface area contributed by atoms with Gasteiger partial charge in [-0.25, -0.2) is 14.5 Å². The highest BCUT2D eigenvalue weighted by Crippen LogP contribution is 2.32. The molecule has 0 aromatic carbocycles. The van der Waals surface area contributed by atoms with E-state index >= 15 is 0 Å². The van der Waals surface area contributed by atoms with E-state index in [1.165, 1.54) is 0 Å². The van der Waals surface area contributed by atoms with Gasteiger partial charge in [0.25, 0.3) is 0 Å². The van der Waals surface area contributed by atoms with E-state index in [1.807, 2.05) is 24.6 Å². The summed E-state index contributed by atoms with van der Waals surface area (Å²) < 4.78 is 43.4. The number of alkyl halides is 3. The second-order valence-corrected chi connectivity index (χ2v) is 8.12. The molecular formula is C21H25F3N6O. The van der Waals surface area contributed by atoms with Gasteiger partial charge in [-0.3, -0.25) is 4.79 Å². The van der Waals surface area contributed by atoms with Gasteiger partial charge in [0, 0.05) is 49.7 Å². The zero-order chi connectivity index (χ0) is 22.3.